The van der Waals surface area contributed by atoms with Crippen molar-refractivity contribution in [3.8, 4) is 17.0 Å². The minimum Gasteiger partial charge on any atom is -0.427 e. The van der Waals surface area contributed by atoms with E-state index in [4.69, 9.17) is 4.74 Å². The van der Waals surface area contributed by atoms with Crippen LogP contribution in [0.3, 0.4) is 0 Å². The predicted octanol–water partition coefficient (Wildman–Crippen LogP) is 6.67. The molecular weight excluding hydrogens is 503 g/mol. The molecule has 1 aromatic heterocycles. The van der Waals surface area contributed by atoms with E-state index in [1.54, 1.807) is 28.8 Å². The molecule has 3 rings (SSSR count). The molecule has 0 saturated carbocycles. The number of halogens is 5. The van der Waals surface area contributed by atoms with Gasteiger partial charge in [-0.2, -0.15) is 13.2 Å². The van der Waals surface area contributed by atoms with Gasteiger partial charge in [0.1, 0.15) is 11.3 Å². The van der Waals surface area contributed by atoms with Crippen LogP contribution in [0.15, 0.2) is 63.7 Å². The van der Waals surface area contributed by atoms with E-state index in [0.717, 1.165) is 5.56 Å². The maximum Gasteiger partial charge on any atom is 0.420 e. The Bertz CT molecular complexity index is 997. The number of hydrogen-bond acceptors (Lipinski definition) is 2. The van der Waals surface area contributed by atoms with E-state index >= 15 is 0 Å². The fourth-order valence-electron chi connectivity index (χ4n) is 2.85. The van der Waals surface area contributed by atoms with Crippen molar-refractivity contribution >= 4 is 37.8 Å². The Balaban J connectivity index is 2.14. The molecule has 0 unspecified atom stereocenters. The van der Waals surface area contributed by atoms with E-state index < -0.39 is 17.7 Å². The Kier molecular flexibility index (Phi) is 6.00. The van der Waals surface area contributed by atoms with Crippen LogP contribution in [0.5, 0.6) is 5.75 Å². The number of rotatable bonds is 4. The minimum atomic E-state index is -4.54. The zero-order chi connectivity index (χ0) is 20.5. The van der Waals surface area contributed by atoms with Gasteiger partial charge in [-0.25, -0.2) is 0 Å². The number of carbonyl (C=O) groups excluding carboxylic acids is 1. The number of esters is 1. The number of carbonyl (C=O) groups is 1. The predicted molar refractivity (Wildman–Crippen MR) is 107 cm³/mol. The molecule has 0 N–H and O–H groups in total. The molecule has 0 aliphatic rings. The Labute approximate surface area is 176 Å². The molecule has 0 amide bonds. The summed E-state index contributed by atoms with van der Waals surface area (Å²) in [5.41, 5.74) is 1.01. The summed E-state index contributed by atoms with van der Waals surface area (Å²) >= 11 is 6.28. The van der Waals surface area contributed by atoms with Crippen LogP contribution in [0.25, 0.3) is 11.3 Å². The van der Waals surface area contributed by atoms with Gasteiger partial charge in [0, 0.05) is 13.5 Å². The van der Waals surface area contributed by atoms with Crippen molar-refractivity contribution in [2.75, 3.05) is 0 Å². The molecule has 0 spiro atoms. The van der Waals surface area contributed by atoms with E-state index in [1.165, 1.54) is 6.92 Å². The zero-order valence-electron chi connectivity index (χ0n) is 14.6. The van der Waals surface area contributed by atoms with Gasteiger partial charge in [0.25, 0.3) is 0 Å². The average Bonchev–Trinajstić information content (AvgIpc) is 2.86. The number of aromatic nitrogens is 1. The van der Waals surface area contributed by atoms with Gasteiger partial charge < -0.3 is 9.30 Å². The van der Waals surface area contributed by atoms with Crippen LogP contribution in [-0.2, 0) is 17.5 Å². The van der Waals surface area contributed by atoms with Crippen molar-refractivity contribution in [3.63, 3.8) is 0 Å². The largest absolute Gasteiger partial charge is 0.427 e. The van der Waals surface area contributed by atoms with Crippen LogP contribution in [0, 0.1) is 0 Å². The summed E-state index contributed by atoms with van der Waals surface area (Å²) in [7, 11) is 0. The lowest BCUT2D eigenvalue weighted by Gasteiger charge is -2.12. The maximum atomic E-state index is 13.6. The van der Waals surface area contributed by atoms with Crippen molar-refractivity contribution in [3.05, 3.63) is 74.8 Å². The molecule has 0 aliphatic carbocycles. The van der Waals surface area contributed by atoms with Crippen LogP contribution in [-0.4, -0.2) is 10.5 Å². The summed E-state index contributed by atoms with van der Waals surface area (Å²) in [5.74, 6) is -0.146. The highest BCUT2D eigenvalue weighted by atomic mass is 79.9. The van der Waals surface area contributed by atoms with Crippen LogP contribution < -0.4 is 4.74 Å². The number of benzene rings is 2. The standard InChI is InChI=1S/C20H14Br2F3NO2/c1-12(27)28-15-9-7-14(8-10-15)18-17(21)16(20(23,24)25)19(22)26(18)11-13-5-3-2-4-6-13/h2-10H,11H2,1H3. The molecule has 0 radical (unpaired) electrons. The number of nitrogens with zero attached hydrogens (tertiary/aromatic N) is 1. The van der Waals surface area contributed by atoms with E-state index in [9.17, 15) is 18.0 Å². The van der Waals surface area contributed by atoms with Gasteiger partial charge in [0.2, 0.25) is 0 Å². The second-order valence-corrected chi connectivity index (χ2v) is 7.56. The van der Waals surface area contributed by atoms with Crippen molar-refractivity contribution < 1.29 is 22.7 Å². The molecule has 0 saturated heterocycles. The molecule has 0 fully saturated rings. The summed E-state index contributed by atoms with van der Waals surface area (Å²) in [6.07, 6.45) is -4.54. The highest BCUT2D eigenvalue weighted by Gasteiger charge is 2.40. The Morgan fingerprint density at radius 2 is 1.64 bits per heavy atom. The fourth-order valence-corrected chi connectivity index (χ4v) is 4.69. The maximum absolute atomic E-state index is 13.6. The lowest BCUT2D eigenvalue weighted by Crippen LogP contribution is -2.07. The normalized spacial score (nSPS) is 11.5. The molecule has 8 heteroatoms. The highest BCUT2D eigenvalue weighted by molar-refractivity contribution is 9.11. The van der Waals surface area contributed by atoms with E-state index in [-0.39, 0.29) is 15.6 Å². The molecule has 3 nitrogen and oxygen atoms in total. The van der Waals surface area contributed by atoms with E-state index in [0.29, 0.717) is 17.0 Å². The van der Waals surface area contributed by atoms with Crippen molar-refractivity contribution in [1.29, 1.82) is 0 Å². The number of hydrogen-bond donors (Lipinski definition) is 0. The smallest absolute Gasteiger partial charge is 0.420 e. The third-order valence-corrected chi connectivity index (χ3v) is 5.59. The van der Waals surface area contributed by atoms with E-state index in [2.05, 4.69) is 31.9 Å². The lowest BCUT2D eigenvalue weighted by molar-refractivity contribution is -0.138. The van der Waals surface area contributed by atoms with Crippen molar-refractivity contribution in [2.24, 2.45) is 0 Å². The third-order valence-electron chi connectivity index (χ3n) is 4.00. The van der Waals surface area contributed by atoms with Crippen LogP contribution >= 0.6 is 31.9 Å². The number of ether oxygens (including phenoxy) is 1. The van der Waals surface area contributed by atoms with Crippen molar-refractivity contribution in [2.45, 2.75) is 19.6 Å². The molecule has 3 aromatic rings. The van der Waals surface area contributed by atoms with E-state index in [1.807, 2.05) is 30.3 Å². The second kappa shape index (κ2) is 8.13. The number of alkyl halides is 3. The summed E-state index contributed by atoms with van der Waals surface area (Å²) in [5, 5.41) is 0. The van der Waals surface area contributed by atoms with Gasteiger partial charge in [0.05, 0.1) is 14.8 Å². The molecule has 0 atom stereocenters. The Morgan fingerprint density at radius 3 is 2.18 bits per heavy atom. The molecule has 146 valence electrons. The summed E-state index contributed by atoms with van der Waals surface area (Å²) in [6.45, 7) is 1.53. The average molecular weight is 517 g/mol. The summed E-state index contributed by atoms with van der Waals surface area (Å²) in [6, 6.07) is 15.5. The highest BCUT2D eigenvalue weighted by Crippen LogP contribution is 2.47. The molecule has 2 aromatic carbocycles. The van der Waals surface area contributed by atoms with Gasteiger partial charge in [-0.1, -0.05) is 30.3 Å². The fraction of sp³-hybridized carbons (Fsp3) is 0.150. The monoisotopic (exact) mass is 515 g/mol. The topological polar surface area (TPSA) is 31.2 Å². The molecule has 0 bridgehead atoms. The first kappa shape index (κ1) is 20.7. The molecule has 28 heavy (non-hydrogen) atoms. The minimum absolute atomic E-state index is 0.0527. The first-order valence-corrected chi connectivity index (χ1v) is 9.74. The van der Waals surface area contributed by atoms with Crippen LogP contribution in [0.2, 0.25) is 0 Å². The van der Waals surface area contributed by atoms with Crippen LogP contribution in [0.1, 0.15) is 18.1 Å². The third kappa shape index (κ3) is 4.33. The summed E-state index contributed by atoms with van der Waals surface area (Å²) in [4.78, 5) is 11.1. The second-order valence-electron chi connectivity index (χ2n) is 6.02. The first-order chi connectivity index (χ1) is 13.2. The Hall–Kier alpha value is -2.06. The van der Waals surface area contributed by atoms with Gasteiger partial charge in [0.15, 0.2) is 0 Å². The zero-order valence-corrected chi connectivity index (χ0v) is 17.7. The van der Waals surface area contributed by atoms with Crippen molar-refractivity contribution in [1.82, 2.24) is 4.57 Å². The van der Waals surface area contributed by atoms with Gasteiger partial charge in [-0.05, 0) is 67.3 Å². The Morgan fingerprint density at radius 1 is 1.04 bits per heavy atom. The molecular formula is C20H14Br2F3NO2. The summed E-state index contributed by atoms with van der Waals surface area (Å²) < 4.78 is 47.3. The van der Waals surface area contributed by atoms with Gasteiger partial charge >= 0.3 is 12.1 Å². The SMILES string of the molecule is CC(=O)Oc1ccc(-c2c(Br)c(C(F)(F)F)c(Br)n2Cc2ccccc2)cc1. The lowest BCUT2D eigenvalue weighted by atomic mass is 10.1. The molecule has 1 heterocycles. The quantitative estimate of drug-likeness (QED) is 0.286. The van der Waals surface area contributed by atoms with Gasteiger partial charge in [-0.15, -0.1) is 0 Å². The van der Waals surface area contributed by atoms with Gasteiger partial charge in [-0.3, -0.25) is 4.79 Å². The molecule has 0 aliphatic heterocycles. The van der Waals surface area contributed by atoms with Crippen LogP contribution in [0.4, 0.5) is 13.2 Å². The first-order valence-electron chi connectivity index (χ1n) is 8.16.